The van der Waals surface area contributed by atoms with Gasteiger partial charge in [0.2, 0.25) is 5.91 Å². The van der Waals surface area contributed by atoms with Crippen molar-refractivity contribution in [1.29, 1.82) is 0 Å². The third kappa shape index (κ3) is 4.11. The summed E-state index contributed by atoms with van der Waals surface area (Å²) in [5, 5.41) is 8.38. The lowest BCUT2D eigenvalue weighted by Crippen LogP contribution is -2.32. The Morgan fingerprint density at radius 3 is 2.81 bits per heavy atom. The van der Waals surface area contributed by atoms with Gasteiger partial charge in [0.1, 0.15) is 12.3 Å². The number of unbranched alkanes of at least 4 members (excludes halogenated alkanes) is 1. The molecule has 4 aromatic rings. The first kappa shape index (κ1) is 20.9. The van der Waals surface area contributed by atoms with Gasteiger partial charge in [-0.25, -0.2) is 9.78 Å². The molecule has 0 bridgehead atoms. The summed E-state index contributed by atoms with van der Waals surface area (Å²) in [4.78, 5) is 30.6. The van der Waals surface area contributed by atoms with Crippen molar-refractivity contribution in [3.63, 3.8) is 0 Å². The third-order valence-corrected chi connectivity index (χ3v) is 5.23. The number of fused-ring (bicyclic) bond motifs is 3. The fourth-order valence-electron chi connectivity index (χ4n) is 3.48. The second-order valence-corrected chi connectivity index (χ2v) is 7.58. The minimum atomic E-state index is -0.419. The van der Waals surface area contributed by atoms with Crippen LogP contribution in [-0.2, 0) is 17.8 Å². The maximum absolute atomic E-state index is 13.2. The zero-order valence-corrected chi connectivity index (χ0v) is 18.0. The third-order valence-electron chi connectivity index (χ3n) is 4.99. The average Bonchev–Trinajstić information content (AvgIpc) is 3.20. The van der Waals surface area contributed by atoms with Gasteiger partial charge in [-0.15, -0.1) is 5.10 Å². The van der Waals surface area contributed by atoms with Crippen LogP contribution >= 0.6 is 11.6 Å². The lowest BCUT2D eigenvalue weighted by molar-refractivity contribution is -0.116. The molecule has 0 atom stereocenters. The van der Waals surface area contributed by atoms with E-state index in [1.54, 1.807) is 24.3 Å². The molecule has 31 heavy (non-hydrogen) atoms. The van der Waals surface area contributed by atoms with E-state index in [4.69, 9.17) is 16.3 Å². The van der Waals surface area contributed by atoms with Crippen LogP contribution in [0.4, 0.5) is 5.69 Å². The first-order chi connectivity index (χ1) is 15.0. The standard InChI is InChI=1S/C22H22ClN5O3/c1-3-4-9-19-25-21-15-7-5-6-8-17(15)27(22(30)28(21)26-19)13-20(29)24-16-12-14(23)10-11-18(16)31-2/h5-8,10-12H,3-4,9,13H2,1-2H3,(H,24,29). The largest absolute Gasteiger partial charge is 0.495 e. The van der Waals surface area contributed by atoms with Gasteiger partial charge < -0.3 is 10.1 Å². The Morgan fingerprint density at radius 2 is 2.03 bits per heavy atom. The summed E-state index contributed by atoms with van der Waals surface area (Å²) < 4.78 is 7.95. The fourth-order valence-corrected chi connectivity index (χ4v) is 3.65. The number of aryl methyl sites for hydroxylation is 1. The van der Waals surface area contributed by atoms with Crippen molar-refractivity contribution < 1.29 is 9.53 Å². The molecule has 0 saturated carbocycles. The van der Waals surface area contributed by atoms with Crippen molar-refractivity contribution in [2.24, 2.45) is 0 Å². The highest BCUT2D eigenvalue weighted by atomic mass is 35.5. The molecule has 0 fully saturated rings. The van der Waals surface area contributed by atoms with E-state index in [2.05, 4.69) is 22.3 Å². The van der Waals surface area contributed by atoms with Crippen LogP contribution in [0.1, 0.15) is 25.6 Å². The molecule has 1 amide bonds. The van der Waals surface area contributed by atoms with Crippen molar-refractivity contribution in [2.75, 3.05) is 12.4 Å². The number of hydrogen-bond acceptors (Lipinski definition) is 5. The molecule has 2 aromatic heterocycles. The summed E-state index contributed by atoms with van der Waals surface area (Å²) >= 11 is 6.04. The van der Waals surface area contributed by atoms with Crippen molar-refractivity contribution >= 4 is 39.7 Å². The Morgan fingerprint density at radius 1 is 1.23 bits per heavy atom. The van der Waals surface area contributed by atoms with Crippen LogP contribution < -0.4 is 15.7 Å². The van der Waals surface area contributed by atoms with Crippen molar-refractivity contribution in [1.82, 2.24) is 19.2 Å². The first-order valence-electron chi connectivity index (χ1n) is 10.0. The van der Waals surface area contributed by atoms with E-state index in [0.29, 0.717) is 39.9 Å². The van der Waals surface area contributed by atoms with Crippen LogP contribution in [-0.4, -0.2) is 32.2 Å². The topological polar surface area (TPSA) is 90.5 Å². The molecule has 0 radical (unpaired) electrons. The van der Waals surface area contributed by atoms with E-state index in [-0.39, 0.29) is 6.54 Å². The Hall–Kier alpha value is -3.39. The minimum Gasteiger partial charge on any atom is -0.495 e. The summed E-state index contributed by atoms with van der Waals surface area (Å²) in [7, 11) is 1.51. The van der Waals surface area contributed by atoms with Crippen LogP contribution in [0.3, 0.4) is 0 Å². The summed E-state index contributed by atoms with van der Waals surface area (Å²) in [5.74, 6) is 0.704. The van der Waals surface area contributed by atoms with Gasteiger partial charge in [0.25, 0.3) is 0 Å². The Balaban J connectivity index is 1.74. The summed E-state index contributed by atoms with van der Waals surface area (Å²) in [5.41, 5.74) is 1.13. The van der Waals surface area contributed by atoms with Gasteiger partial charge in [-0.1, -0.05) is 37.1 Å². The zero-order chi connectivity index (χ0) is 22.0. The lowest BCUT2D eigenvalue weighted by atomic mass is 10.2. The molecule has 0 aliphatic rings. The van der Waals surface area contributed by atoms with Gasteiger partial charge in [-0.05, 0) is 36.8 Å². The Labute approximate surface area is 183 Å². The number of benzene rings is 2. The first-order valence-corrected chi connectivity index (χ1v) is 10.4. The van der Waals surface area contributed by atoms with E-state index in [0.717, 1.165) is 18.2 Å². The quantitative estimate of drug-likeness (QED) is 0.474. The maximum Gasteiger partial charge on any atom is 0.351 e. The molecule has 8 nitrogen and oxygen atoms in total. The molecule has 0 unspecified atom stereocenters. The molecule has 0 spiro atoms. The zero-order valence-electron chi connectivity index (χ0n) is 17.3. The Bertz CT molecular complexity index is 1330. The summed E-state index contributed by atoms with van der Waals surface area (Å²) in [6, 6.07) is 12.3. The average molecular weight is 440 g/mol. The molecule has 0 aliphatic carbocycles. The van der Waals surface area contributed by atoms with Crippen LogP contribution in [0, 0.1) is 0 Å². The molecule has 0 aliphatic heterocycles. The molecular weight excluding hydrogens is 418 g/mol. The van der Waals surface area contributed by atoms with E-state index in [9.17, 15) is 9.59 Å². The maximum atomic E-state index is 13.2. The molecule has 0 saturated heterocycles. The number of halogens is 1. The number of amides is 1. The van der Waals surface area contributed by atoms with Crippen LogP contribution in [0.15, 0.2) is 47.3 Å². The van der Waals surface area contributed by atoms with Gasteiger partial charge in [-0.3, -0.25) is 9.36 Å². The predicted molar refractivity (Wildman–Crippen MR) is 120 cm³/mol. The van der Waals surface area contributed by atoms with Gasteiger partial charge in [-0.2, -0.15) is 4.52 Å². The molecule has 4 rings (SSSR count). The SMILES string of the molecule is CCCCc1nc2c3ccccc3n(CC(=O)Nc3cc(Cl)ccc3OC)c(=O)n2n1. The molecule has 9 heteroatoms. The van der Waals surface area contributed by atoms with Crippen LogP contribution in [0.5, 0.6) is 5.75 Å². The monoisotopic (exact) mass is 439 g/mol. The number of carbonyl (C=O) groups excluding carboxylic acids is 1. The Kier molecular flexibility index (Phi) is 5.90. The van der Waals surface area contributed by atoms with Gasteiger partial charge in [0.05, 0.1) is 18.3 Å². The summed E-state index contributed by atoms with van der Waals surface area (Å²) in [6.07, 6.45) is 2.64. The molecule has 2 aromatic carbocycles. The smallest absolute Gasteiger partial charge is 0.351 e. The highest BCUT2D eigenvalue weighted by molar-refractivity contribution is 6.31. The van der Waals surface area contributed by atoms with Gasteiger partial charge in [0, 0.05) is 16.8 Å². The predicted octanol–water partition coefficient (Wildman–Crippen LogP) is 3.69. The number of para-hydroxylation sites is 1. The van der Waals surface area contributed by atoms with Gasteiger partial charge >= 0.3 is 5.69 Å². The van der Waals surface area contributed by atoms with Crippen LogP contribution in [0.25, 0.3) is 16.6 Å². The number of ether oxygens (including phenoxy) is 1. The summed E-state index contributed by atoms with van der Waals surface area (Å²) in [6.45, 7) is 1.89. The molecular formula is C22H22ClN5O3. The fraction of sp³-hybridized carbons (Fsp3) is 0.273. The highest BCUT2D eigenvalue weighted by Gasteiger charge is 2.17. The van der Waals surface area contributed by atoms with E-state index in [1.807, 2.05) is 18.2 Å². The number of methoxy groups -OCH3 is 1. The van der Waals surface area contributed by atoms with Crippen molar-refractivity contribution in [2.45, 2.75) is 32.7 Å². The molecule has 160 valence electrons. The number of aromatic nitrogens is 4. The highest BCUT2D eigenvalue weighted by Crippen LogP contribution is 2.27. The minimum absolute atomic E-state index is 0.199. The molecule has 1 N–H and O–H groups in total. The lowest BCUT2D eigenvalue weighted by Gasteiger charge is -2.13. The van der Waals surface area contributed by atoms with Gasteiger partial charge in [0.15, 0.2) is 11.5 Å². The molecule has 2 heterocycles. The van der Waals surface area contributed by atoms with E-state index < -0.39 is 11.6 Å². The van der Waals surface area contributed by atoms with Crippen molar-refractivity contribution in [3.8, 4) is 5.75 Å². The number of carbonyl (C=O) groups is 1. The van der Waals surface area contributed by atoms with E-state index >= 15 is 0 Å². The number of nitrogens with one attached hydrogen (secondary N) is 1. The second kappa shape index (κ2) is 8.77. The second-order valence-electron chi connectivity index (χ2n) is 7.15. The van der Waals surface area contributed by atoms with Crippen molar-refractivity contribution in [3.05, 3.63) is 63.8 Å². The number of anilines is 1. The number of hydrogen-bond donors (Lipinski definition) is 1. The normalized spacial score (nSPS) is 11.2. The number of nitrogens with zero attached hydrogens (tertiary/aromatic N) is 4. The number of rotatable bonds is 7. The van der Waals surface area contributed by atoms with E-state index in [1.165, 1.54) is 16.2 Å². The van der Waals surface area contributed by atoms with Crippen LogP contribution in [0.2, 0.25) is 5.02 Å².